The Bertz CT molecular complexity index is 464. The summed E-state index contributed by atoms with van der Waals surface area (Å²) in [5.41, 5.74) is 1.52. The summed E-state index contributed by atoms with van der Waals surface area (Å²) in [7, 11) is 0. The molecule has 0 radical (unpaired) electrons. The Morgan fingerprint density at radius 2 is 2.00 bits per heavy atom. The summed E-state index contributed by atoms with van der Waals surface area (Å²) >= 11 is 1.70. The van der Waals surface area contributed by atoms with E-state index in [1.165, 1.54) is 4.90 Å². The van der Waals surface area contributed by atoms with Gasteiger partial charge in [0.25, 0.3) is 0 Å². The summed E-state index contributed by atoms with van der Waals surface area (Å²) in [6, 6.07) is 8.02. The predicted octanol–water partition coefficient (Wildman–Crippen LogP) is 2.04. The van der Waals surface area contributed by atoms with Crippen LogP contribution in [0.5, 0.6) is 0 Å². The largest absolute Gasteiger partial charge is 0.387 e. The van der Waals surface area contributed by atoms with Crippen LogP contribution in [0.25, 0.3) is 5.69 Å². The van der Waals surface area contributed by atoms with Crippen molar-refractivity contribution in [1.82, 2.24) is 15.0 Å². The van der Waals surface area contributed by atoms with Gasteiger partial charge in [0.2, 0.25) is 0 Å². The van der Waals surface area contributed by atoms with Crippen LogP contribution in [0.3, 0.4) is 0 Å². The Labute approximate surface area is 98.3 Å². The molecular formula is C11H13N3OS. The van der Waals surface area contributed by atoms with E-state index in [2.05, 4.69) is 10.3 Å². The third-order valence-corrected chi connectivity index (χ3v) is 3.02. The fourth-order valence-corrected chi connectivity index (χ4v) is 1.74. The Morgan fingerprint density at radius 1 is 1.31 bits per heavy atom. The number of thioether (sulfide) groups is 1. The zero-order valence-electron chi connectivity index (χ0n) is 9.16. The summed E-state index contributed by atoms with van der Waals surface area (Å²) < 4.78 is 1.66. The molecule has 0 bridgehead atoms. The van der Waals surface area contributed by atoms with E-state index in [9.17, 15) is 5.11 Å². The van der Waals surface area contributed by atoms with Gasteiger partial charge in [-0.25, -0.2) is 4.68 Å². The third kappa shape index (κ3) is 2.25. The van der Waals surface area contributed by atoms with E-state index in [1.54, 1.807) is 29.6 Å². The number of benzene rings is 1. The summed E-state index contributed by atoms with van der Waals surface area (Å²) in [6.07, 6.45) is 3.19. The van der Waals surface area contributed by atoms with Gasteiger partial charge in [-0.2, -0.15) is 0 Å². The lowest BCUT2D eigenvalue weighted by Gasteiger charge is -2.01. The van der Waals surface area contributed by atoms with E-state index in [-0.39, 0.29) is 0 Å². The fraction of sp³-hybridized carbons (Fsp3) is 0.273. The molecule has 2 aromatic rings. The number of hydrogen-bond donors (Lipinski definition) is 1. The van der Waals surface area contributed by atoms with Gasteiger partial charge in [0, 0.05) is 4.90 Å². The Balaban J connectivity index is 2.28. The Hall–Kier alpha value is -1.33. The smallest absolute Gasteiger partial charge is 0.111 e. The number of aliphatic hydroxyl groups is 1. The minimum atomic E-state index is -0.584. The van der Waals surface area contributed by atoms with Gasteiger partial charge in [-0.05, 0) is 37.4 Å². The summed E-state index contributed by atoms with van der Waals surface area (Å²) in [5, 5.41) is 17.2. The van der Waals surface area contributed by atoms with E-state index in [4.69, 9.17) is 0 Å². The lowest BCUT2D eigenvalue weighted by Crippen LogP contribution is -1.94. The molecule has 1 aromatic carbocycles. The highest BCUT2D eigenvalue weighted by Crippen LogP contribution is 2.17. The molecule has 1 atom stereocenters. The molecule has 1 N–H and O–H groups in total. The van der Waals surface area contributed by atoms with Gasteiger partial charge < -0.3 is 5.11 Å². The number of aromatic nitrogens is 3. The SMILES string of the molecule is CSc1ccc(-n2cc([C@H](C)O)nn2)cc1. The molecular weight excluding hydrogens is 222 g/mol. The van der Waals surface area contributed by atoms with Gasteiger partial charge in [0.1, 0.15) is 5.69 Å². The van der Waals surface area contributed by atoms with Gasteiger partial charge in [-0.3, -0.25) is 0 Å². The monoisotopic (exact) mass is 235 g/mol. The standard InChI is InChI=1S/C11H13N3OS/c1-8(15)11-7-14(13-12-11)9-3-5-10(16-2)6-4-9/h3-8,15H,1-2H3/t8-/m0/s1. The molecule has 2 rings (SSSR count). The predicted molar refractivity (Wildman–Crippen MR) is 63.8 cm³/mol. The molecule has 0 aliphatic carbocycles. The molecule has 84 valence electrons. The molecule has 1 aromatic heterocycles. The molecule has 0 aliphatic rings. The van der Waals surface area contributed by atoms with Gasteiger partial charge in [-0.1, -0.05) is 5.21 Å². The van der Waals surface area contributed by atoms with Crippen molar-refractivity contribution in [2.45, 2.75) is 17.9 Å². The van der Waals surface area contributed by atoms with Crippen molar-refractivity contribution < 1.29 is 5.11 Å². The Kier molecular flexibility index (Phi) is 3.26. The maximum absolute atomic E-state index is 9.35. The number of rotatable bonds is 3. The molecule has 0 amide bonds. The average Bonchev–Trinajstić information content (AvgIpc) is 2.78. The van der Waals surface area contributed by atoms with Crippen LogP contribution in [0.1, 0.15) is 18.7 Å². The molecule has 0 spiro atoms. The van der Waals surface area contributed by atoms with E-state index in [0.29, 0.717) is 5.69 Å². The molecule has 0 aliphatic heterocycles. The second kappa shape index (κ2) is 4.67. The fourth-order valence-electron chi connectivity index (χ4n) is 1.33. The van der Waals surface area contributed by atoms with Crippen molar-refractivity contribution in [2.24, 2.45) is 0 Å². The molecule has 0 fully saturated rings. The van der Waals surface area contributed by atoms with Crippen LogP contribution in [0, 0.1) is 0 Å². The van der Waals surface area contributed by atoms with Crippen molar-refractivity contribution in [3.8, 4) is 5.69 Å². The number of aliphatic hydroxyl groups excluding tert-OH is 1. The third-order valence-electron chi connectivity index (χ3n) is 2.28. The highest BCUT2D eigenvalue weighted by molar-refractivity contribution is 7.98. The first-order chi connectivity index (χ1) is 7.70. The normalized spacial score (nSPS) is 12.7. The quantitative estimate of drug-likeness (QED) is 0.827. The van der Waals surface area contributed by atoms with Crippen molar-refractivity contribution in [2.75, 3.05) is 6.26 Å². The second-order valence-electron chi connectivity index (χ2n) is 3.46. The van der Waals surface area contributed by atoms with Crippen LogP contribution in [-0.2, 0) is 0 Å². The maximum atomic E-state index is 9.35. The summed E-state index contributed by atoms with van der Waals surface area (Å²) in [5.74, 6) is 0. The molecule has 1 heterocycles. The first kappa shape index (κ1) is 11.2. The van der Waals surface area contributed by atoms with Crippen molar-refractivity contribution in [1.29, 1.82) is 0 Å². The van der Waals surface area contributed by atoms with Crippen LogP contribution in [0.2, 0.25) is 0 Å². The van der Waals surface area contributed by atoms with E-state index < -0.39 is 6.10 Å². The van der Waals surface area contributed by atoms with E-state index >= 15 is 0 Å². The topological polar surface area (TPSA) is 50.9 Å². The van der Waals surface area contributed by atoms with Crippen LogP contribution in [-0.4, -0.2) is 26.4 Å². The highest BCUT2D eigenvalue weighted by atomic mass is 32.2. The lowest BCUT2D eigenvalue weighted by atomic mass is 10.3. The van der Waals surface area contributed by atoms with Crippen molar-refractivity contribution in [3.05, 3.63) is 36.2 Å². The van der Waals surface area contributed by atoms with Gasteiger partial charge in [-0.15, -0.1) is 16.9 Å². The van der Waals surface area contributed by atoms with E-state index in [0.717, 1.165) is 5.69 Å². The molecule has 16 heavy (non-hydrogen) atoms. The number of nitrogens with zero attached hydrogens (tertiary/aromatic N) is 3. The summed E-state index contributed by atoms with van der Waals surface area (Å²) in [4.78, 5) is 1.21. The zero-order chi connectivity index (χ0) is 11.5. The zero-order valence-corrected chi connectivity index (χ0v) is 9.98. The number of hydrogen-bond acceptors (Lipinski definition) is 4. The van der Waals surface area contributed by atoms with Gasteiger partial charge in [0.05, 0.1) is 18.0 Å². The average molecular weight is 235 g/mol. The first-order valence-electron chi connectivity index (χ1n) is 4.95. The highest BCUT2D eigenvalue weighted by Gasteiger charge is 2.07. The molecule has 4 nitrogen and oxygen atoms in total. The second-order valence-corrected chi connectivity index (χ2v) is 4.34. The summed E-state index contributed by atoms with van der Waals surface area (Å²) in [6.45, 7) is 1.67. The van der Waals surface area contributed by atoms with Crippen LogP contribution < -0.4 is 0 Å². The molecule has 0 saturated carbocycles. The molecule has 5 heteroatoms. The minimum Gasteiger partial charge on any atom is -0.387 e. The van der Waals surface area contributed by atoms with Crippen LogP contribution in [0.4, 0.5) is 0 Å². The minimum absolute atomic E-state index is 0.578. The van der Waals surface area contributed by atoms with Crippen molar-refractivity contribution in [3.63, 3.8) is 0 Å². The maximum Gasteiger partial charge on any atom is 0.111 e. The van der Waals surface area contributed by atoms with Gasteiger partial charge in [0.15, 0.2) is 0 Å². The molecule has 0 saturated heterocycles. The lowest BCUT2D eigenvalue weighted by molar-refractivity contribution is 0.194. The van der Waals surface area contributed by atoms with Gasteiger partial charge >= 0.3 is 0 Å². The van der Waals surface area contributed by atoms with Crippen LogP contribution in [0.15, 0.2) is 35.4 Å². The van der Waals surface area contributed by atoms with E-state index in [1.807, 2.05) is 30.5 Å². The first-order valence-corrected chi connectivity index (χ1v) is 6.18. The Morgan fingerprint density at radius 3 is 2.50 bits per heavy atom. The van der Waals surface area contributed by atoms with Crippen LogP contribution >= 0.6 is 11.8 Å². The molecule has 0 unspecified atom stereocenters. The van der Waals surface area contributed by atoms with Crippen molar-refractivity contribution >= 4 is 11.8 Å².